The van der Waals surface area contributed by atoms with Gasteiger partial charge in [0, 0.05) is 16.0 Å². The van der Waals surface area contributed by atoms with Crippen LogP contribution in [0.3, 0.4) is 0 Å². The molecule has 3 N–H and O–H groups in total. The second kappa shape index (κ2) is 6.04. The van der Waals surface area contributed by atoms with E-state index >= 15 is 0 Å². The van der Waals surface area contributed by atoms with Crippen molar-refractivity contribution in [2.24, 2.45) is 12.9 Å². The van der Waals surface area contributed by atoms with Crippen LogP contribution in [0.5, 0.6) is 5.75 Å². The van der Waals surface area contributed by atoms with Crippen molar-refractivity contribution in [3.8, 4) is 5.75 Å². The van der Waals surface area contributed by atoms with Crippen LogP contribution in [0.15, 0.2) is 33.3 Å². The molecule has 1 unspecified atom stereocenters. The number of hydrogen-bond acceptors (Lipinski definition) is 4. The van der Waals surface area contributed by atoms with Crippen LogP contribution in [0.4, 0.5) is 0 Å². The fraction of sp³-hybridized carbons (Fsp3) is 0.250. The van der Waals surface area contributed by atoms with Crippen molar-refractivity contribution in [1.82, 2.24) is 15.2 Å². The number of hydrogen-bond donors (Lipinski definition) is 2. The number of aromatic nitrogens is 2. The smallest absolute Gasteiger partial charge is 0.161 e. The summed E-state index contributed by atoms with van der Waals surface area (Å²) in [6.07, 6.45) is 1.67. The third kappa shape index (κ3) is 2.84. The second-order valence-electron chi connectivity index (χ2n) is 3.99. The van der Waals surface area contributed by atoms with Crippen molar-refractivity contribution in [3.05, 3.63) is 44.6 Å². The van der Waals surface area contributed by atoms with Crippen molar-refractivity contribution in [2.45, 2.75) is 6.04 Å². The molecule has 2 rings (SSSR count). The van der Waals surface area contributed by atoms with E-state index in [0.29, 0.717) is 5.75 Å². The number of rotatable bonds is 4. The molecule has 0 radical (unpaired) electrons. The molecular weight excluding hydrogens is 376 g/mol. The Hall–Kier alpha value is -0.890. The maximum atomic E-state index is 5.72. The molecule has 102 valence electrons. The summed E-state index contributed by atoms with van der Waals surface area (Å²) >= 11 is 7.01. The Balaban J connectivity index is 2.56. The Kier molecular flexibility index (Phi) is 4.62. The molecule has 0 amide bonds. The maximum absolute atomic E-state index is 5.72. The summed E-state index contributed by atoms with van der Waals surface area (Å²) < 4.78 is 9.02. The monoisotopic (exact) mass is 388 g/mol. The molecule has 19 heavy (non-hydrogen) atoms. The summed E-state index contributed by atoms with van der Waals surface area (Å²) in [4.78, 5) is 0. The van der Waals surface area contributed by atoms with E-state index in [1.807, 2.05) is 25.2 Å². The normalized spacial score (nSPS) is 12.5. The fourth-order valence-corrected chi connectivity index (χ4v) is 2.82. The van der Waals surface area contributed by atoms with E-state index in [-0.39, 0.29) is 6.04 Å². The molecule has 1 atom stereocenters. The van der Waals surface area contributed by atoms with E-state index in [1.54, 1.807) is 18.0 Å². The predicted octanol–water partition coefficient (Wildman–Crippen LogP) is 2.51. The third-order valence-electron chi connectivity index (χ3n) is 2.88. The lowest BCUT2D eigenvalue weighted by atomic mass is 10.0. The number of hydrazine groups is 1. The molecule has 1 aromatic heterocycles. The largest absolute Gasteiger partial charge is 0.493 e. The Morgan fingerprint density at radius 3 is 2.79 bits per heavy atom. The highest BCUT2D eigenvalue weighted by Crippen LogP contribution is 2.34. The summed E-state index contributed by atoms with van der Waals surface area (Å²) in [7, 11) is 3.47. The molecule has 0 spiro atoms. The van der Waals surface area contributed by atoms with Gasteiger partial charge in [0.2, 0.25) is 0 Å². The molecule has 0 saturated carbocycles. The quantitative estimate of drug-likeness (QED) is 0.622. The zero-order chi connectivity index (χ0) is 14.0. The van der Waals surface area contributed by atoms with Gasteiger partial charge < -0.3 is 4.74 Å². The van der Waals surface area contributed by atoms with Gasteiger partial charge in [-0.15, -0.1) is 0 Å². The van der Waals surface area contributed by atoms with Gasteiger partial charge in [0.25, 0.3) is 0 Å². The Bertz CT molecular complexity index is 585. The van der Waals surface area contributed by atoms with Crippen LogP contribution >= 0.6 is 31.9 Å². The lowest BCUT2D eigenvalue weighted by molar-refractivity contribution is 0.401. The van der Waals surface area contributed by atoms with Crippen LogP contribution in [0.25, 0.3) is 0 Å². The standard InChI is InChI=1S/C12H14Br2N4O/c1-18-12(10(19-2)6-16-18)11(17-15)8-5-7(13)3-4-9(8)14/h3-6,11,17H,15H2,1-2H3. The summed E-state index contributed by atoms with van der Waals surface area (Å²) in [6, 6.07) is 5.70. The molecule has 1 heterocycles. The van der Waals surface area contributed by atoms with Crippen molar-refractivity contribution in [1.29, 1.82) is 0 Å². The first-order chi connectivity index (χ1) is 9.08. The van der Waals surface area contributed by atoms with Crippen LogP contribution in [0.1, 0.15) is 17.3 Å². The molecule has 0 fully saturated rings. The zero-order valence-electron chi connectivity index (χ0n) is 10.5. The Morgan fingerprint density at radius 1 is 1.42 bits per heavy atom. The minimum absolute atomic E-state index is 0.227. The first-order valence-electron chi connectivity index (χ1n) is 5.55. The van der Waals surface area contributed by atoms with Crippen molar-refractivity contribution in [2.75, 3.05) is 7.11 Å². The van der Waals surface area contributed by atoms with Crippen molar-refractivity contribution in [3.63, 3.8) is 0 Å². The van der Waals surface area contributed by atoms with Crippen molar-refractivity contribution >= 4 is 31.9 Å². The van der Waals surface area contributed by atoms with Crippen LogP contribution in [-0.4, -0.2) is 16.9 Å². The third-order valence-corrected chi connectivity index (χ3v) is 4.09. The molecule has 0 aliphatic carbocycles. The van der Waals surface area contributed by atoms with Gasteiger partial charge in [-0.1, -0.05) is 31.9 Å². The van der Waals surface area contributed by atoms with Gasteiger partial charge in [-0.25, -0.2) is 5.43 Å². The number of methoxy groups -OCH3 is 1. The second-order valence-corrected chi connectivity index (χ2v) is 5.76. The van der Waals surface area contributed by atoms with Crippen molar-refractivity contribution < 1.29 is 4.74 Å². The van der Waals surface area contributed by atoms with E-state index < -0.39 is 0 Å². The molecular formula is C12H14Br2N4O. The van der Waals surface area contributed by atoms with E-state index in [4.69, 9.17) is 10.6 Å². The summed E-state index contributed by atoms with van der Waals surface area (Å²) in [5, 5.41) is 4.20. The summed E-state index contributed by atoms with van der Waals surface area (Å²) in [5.74, 6) is 6.42. The first kappa shape index (κ1) is 14.5. The molecule has 0 aliphatic heterocycles. The van der Waals surface area contributed by atoms with Crippen LogP contribution in [0, 0.1) is 0 Å². The minimum atomic E-state index is -0.227. The molecule has 0 bridgehead atoms. The van der Waals surface area contributed by atoms with E-state index in [2.05, 4.69) is 42.4 Å². The highest BCUT2D eigenvalue weighted by molar-refractivity contribution is 9.11. The molecule has 0 aliphatic rings. The molecule has 1 aromatic carbocycles. The lowest BCUT2D eigenvalue weighted by Crippen LogP contribution is -2.31. The Morgan fingerprint density at radius 2 is 2.16 bits per heavy atom. The topological polar surface area (TPSA) is 65.1 Å². The average molecular weight is 390 g/mol. The highest BCUT2D eigenvalue weighted by Gasteiger charge is 2.23. The Labute approximate surface area is 128 Å². The lowest BCUT2D eigenvalue weighted by Gasteiger charge is -2.19. The molecule has 0 saturated heterocycles. The van der Waals surface area contributed by atoms with Gasteiger partial charge in [0.05, 0.1) is 19.3 Å². The van der Waals surface area contributed by atoms with Gasteiger partial charge in [0.1, 0.15) is 5.69 Å². The number of ether oxygens (including phenoxy) is 1. The predicted molar refractivity (Wildman–Crippen MR) is 80.8 cm³/mol. The maximum Gasteiger partial charge on any atom is 0.161 e. The van der Waals surface area contributed by atoms with Gasteiger partial charge in [-0.3, -0.25) is 10.5 Å². The number of halogens is 2. The number of aryl methyl sites for hydroxylation is 1. The van der Waals surface area contributed by atoms with Crippen LogP contribution in [0.2, 0.25) is 0 Å². The minimum Gasteiger partial charge on any atom is -0.493 e. The summed E-state index contributed by atoms with van der Waals surface area (Å²) in [6.45, 7) is 0. The molecule has 7 heteroatoms. The number of benzene rings is 1. The van der Waals surface area contributed by atoms with Crippen LogP contribution < -0.4 is 16.0 Å². The average Bonchev–Trinajstić information content (AvgIpc) is 2.76. The molecule has 2 aromatic rings. The molecule has 5 nitrogen and oxygen atoms in total. The van der Waals surface area contributed by atoms with E-state index in [1.165, 1.54) is 0 Å². The summed E-state index contributed by atoms with van der Waals surface area (Å²) in [5.41, 5.74) is 4.68. The number of nitrogens with one attached hydrogen (secondary N) is 1. The van der Waals surface area contributed by atoms with E-state index in [0.717, 1.165) is 20.2 Å². The van der Waals surface area contributed by atoms with E-state index in [9.17, 15) is 0 Å². The van der Waals surface area contributed by atoms with Gasteiger partial charge in [-0.2, -0.15) is 5.10 Å². The van der Waals surface area contributed by atoms with Gasteiger partial charge >= 0.3 is 0 Å². The fourth-order valence-electron chi connectivity index (χ4n) is 1.97. The first-order valence-corrected chi connectivity index (χ1v) is 7.14. The highest BCUT2D eigenvalue weighted by atomic mass is 79.9. The van der Waals surface area contributed by atoms with Crippen LogP contribution in [-0.2, 0) is 7.05 Å². The van der Waals surface area contributed by atoms with Gasteiger partial charge in [-0.05, 0) is 23.8 Å². The van der Waals surface area contributed by atoms with Gasteiger partial charge in [0.15, 0.2) is 5.75 Å². The number of nitrogens with zero attached hydrogens (tertiary/aromatic N) is 2. The zero-order valence-corrected chi connectivity index (χ0v) is 13.7. The number of nitrogens with two attached hydrogens (primary N) is 1. The SMILES string of the molecule is COc1cnn(C)c1C(NN)c1cc(Br)ccc1Br.